The van der Waals surface area contributed by atoms with Crippen LogP contribution in [-0.4, -0.2) is 16.2 Å². The summed E-state index contributed by atoms with van der Waals surface area (Å²) in [5.74, 6) is -0.995. The number of aryl methyl sites for hydroxylation is 2. The predicted molar refractivity (Wildman–Crippen MR) is 116 cm³/mol. The normalized spacial score (nSPS) is 11.0. The summed E-state index contributed by atoms with van der Waals surface area (Å²) in [5, 5.41) is 21.2. The third-order valence-electron chi connectivity index (χ3n) is 5.31. The van der Waals surface area contributed by atoms with E-state index >= 15 is 0 Å². The molecule has 0 saturated carbocycles. The van der Waals surface area contributed by atoms with E-state index in [2.05, 4.69) is 6.07 Å². The number of fused-ring (bicyclic) bond motifs is 1. The number of hydrogen-bond acceptors (Lipinski definition) is 2. The molecule has 4 aromatic rings. The van der Waals surface area contributed by atoms with E-state index in [1.807, 2.05) is 24.3 Å². The number of halogens is 1. The largest absolute Gasteiger partial charge is 0.508 e. The molecule has 0 aliphatic heterocycles. The average molecular weight is 400 g/mol. The van der Waals surface area contributed by atoms with Gasteiger partial charge < -0.3 is 10.2 Å². The van der Waals surface area contributed by atoms with Crippen LogP contribution >= 0.6 is 0 Å². The molecule has 0 saturated heterocycles. The number of carboxylic acids is 1. The molecule has 0 spiro atoms. The van der Waals surface area contributed by atoms with E-state index in [0.717, 1.165) is 40.3 Å². The first-order valence-electron chi connectivity index (χ1n) is 9.83. The minimum atomic E-state index is -0.943. The van der Waals surface area contributed by atoms with Gasteiger partial charge in [-0.3, -0.25) is 0 Å². The van der Waals surface area contributed by atoms with Crippen molar-refractivity contribution in [3.05, 3.63) is 101 Å². The highest BCUT2D eigenvalue weighted by Crippen LogP contribution is 2.25. The molecule has 3 nitrogen and oxygen atoms in total. The number of benzene rings is 4. The zero-order chi connectivity index (χ0) is 21.1. The van der Waals surface area contributed by atoms with Crippen molar-refractivity contribution in [1.82, 2.24) is 0 Å². The Hall–Kier alpha value is -3.66. The summed E-state index contributed by atoms with van der Waals surface area (Å²) in [4.78, 5) is 11.7. The molecule has 0 aliphatic rings. The van der Waals surface area contributed by atoms with E-state index in [9.17, 15) is 19.4 Å². The highest BCUT2D eigenvalue weighted by molar-refractivity contribution is 5.90. The van der Waals surface area contributed by atoms with Crippen molar-refractivity contribution in [2.24, 2.45) is 0 Å². The van der Waals surface area contributed by atoms with E-state index in [4.69, 9.17) is 0 Å². The van der Waals surface area contributed by atoms with E-state index in [1.54, 1.807) is 36.4 Å². The van der Waals surface area contributed by atoms with Crippen LogP contribution in [0.15, 0.2) is 78.9 Å². The molecule has 0 heterocycles. The molecule has 0 aliphatic carbocycles. The van der Waals surface area contributed by atoms with Crippen LogP contribution in [-0.2, 0) is 12.8 Å². The summed E-state index contributed by atoms with van der Waals surface area (Å²) in [6, 6.07) is 22.9. The molecule has 0 aromatic heterocycles. The first-order valence-corrected chi connectivity index (χ1v) is 9.83. The molecule has 30 heavy (non-hydrogen) atoms. The Morgan fingerprint density at radius 3 is 2.23 bits per heavy atom. The van der Waals surface area contributed by atoms with Crippen molar-refractivity contribution in [2.45, 2.75) is 19.3 Å². The molecule has 0 fully saturated rings. The van der Waals surface area contributed by atoms with Crippen LogP contribution in [0, 0.1) is 5.82 Å². The van der Waals surface area contributed by atoms with Crippen LogP contribution in [0.5, 0.6) is 5.75 Å². The van der Waals surface area contributed by atoms with Gasteiger partial charge in [0.2, 0.25) is 0 Å². The summed E-state index contributed by atoms with van der Waals surface area (Å²) < 4.78 is 13.2. The lowest BCUT2D eigenvalue weighted by atomic mass is 9.95. The standard InChI is InChI=1S/C26H21FO3/c27-23-10-6-18(7-11-23)20-9-13-25(26(29)30)22(15-20)3-1-2-17-4-5-21-16-24(28)12-8-19(21)14-17/h4-16,28H,1-3H2,(H,29,30). The lowest BCUT2D eigenvalue weighted by Gasteiger charge is -2.10. The van der Waals surface area contributed by atoms with Crippen LogP contribution in [0.1, 0.15) is 27.9 Å². The molecule has 4 rings (SSSR count). The quantitative estimate of drug-likeness (QED) is 0.404. The van der Waals surface area contributed by atoms with Gasteiger partial charge in [0.1, 0.15) is 11.6 Å². The van der Waals surface area contributed by atoms with Gasteiger partial charge in [-0.2, -0.15) is 0 Å². The second-order valence-electron chi connectivity index (χ2n) is 7.40. The Morgan fingerprint density at radius 2 is 1.47 bits per heavy atom. The van der Waals surface area contributed by atoms with Crippen LogP contribution in [0.3, 0.4) is 0 Å². The molecular weight excluding hydrogens is 379 g/mol. The first kappa shape index (κ1) is 19.6. The first-order chi connectivity index (χ1) is 14.5. The maximum absolute atomic E-state index is 13.2. The van der Waals surface area contributed by atoms with E-state index in [-0.39, 0.29) is 11.6 Å². The van der Waals surface area contributed by atoms with Crippen LogP contribution in [0.2, 0.25) is 0 Å². The Labute approximate surface area is 174 Å². The van der Waals surface area contributed by atoms with Gasteiger partial charge in [0.15, 0.2) is 0 Å². The molecule has 0 radical (unpaired) electrons. The van der Waals surface area contributed by atoms with Crippen molar-refractivity contribution >= 4 is 16.7 Å². The van der Waals surface area contributed by atoms with Gasteiger partial charge in [-0.25, -0.2) is 9.18 Å². The van der Waals surface area contributed by atoms with Gasteiger partial charge in [-0.15, -0.1) is 0 Å². The molecule has 4 heteroatoms. The number of carboxylic acid groups (broad SMARTS) is 1. The number of hydrogen-bond donors (Lipinski definition) is 2. The zero-order valence-electron chi connectivity index (χ0n) is 16.3. The third-order valence-corrected chi connectivity index (χ3v) is 5.31. The second kappa shape index (κ2) is 8.37. The zero-order valence-corrected chi connectivity index (χ0v) is 16.3. The molecule has 0 unspecified atom stereocenters. The fourth-order valence-corrected chi connectivity index (χ4v) is 3.75. The fraction of sp³-hybridized carbons (Fsp3) is 0.115. The summed E-state index contributed by atoms with van der Waals surface area (Å²) in [6.07, 6.45) is 2.25. The maximum Gasteiger partial charge on any atom is 0.335 e. The van der Waals surface area contributed by atoms with Crippen LogP contribution in [0.4, 0.5) is 4.39 Å². The van der Waals surface area contributed by atoms with E-state index in [1.165, 1.54) is 17.7 Å². The van der Waals surface area contributed by atoms with Crippen molar-refractivity contribution in [3.8, 4) is 16.9 Å². The van der Waals surface area contributed by atoms with Gasteiger partial charge in [0, 0.05) is 0 Å². The topological polar surface area (TPSA) is 57.5 Å². The summed E-state index contributed by atoms with van der Waals surface area (Å²) in [5.41, 5.74) is 3.97. The highest BCUT2D eigenvalue weighted by Gasteiger charge is 2.12. The number of aromatic carboxylic acids is 1. The van der Waals surface area contributed by atoms with E-state index in [0.29, 0.717) is 12.0 Å². The number of aromatic hydroxyl groups is 1. The molecule has 0 atom stereocenters. The number of carbonyl (C=O) groups is 1. The summed E-state index contributed by atoms with van der Waals surface area (Å²) in [6.45, 7) is 0. The molecule has 150 valence electrons. The van der Waals surface area contributed by atoms with Crippen molar-refractivity contribution in [3.63, 3.8) is 0 Å². The molecule has 0 bridgehead atoms. The van der Waals surface area contributed by atoms with Crippen molar-refractivity contribution in [2.75, 3.05) is 0 Å². The van der Waals surface area contributed by atoms with Gasteiger partial charge in [0.25, 0.3) is 0 Å². The average Bonchev–Trinajstić information content (AvgIpc) is 2.74. The molecule has 0 amide bonds. The van der Waals surface area contributed by atoms with Gasteiger partial charge in [-0.05, 0) is 82.6 Å². The Balaban J connectivity index is 1.53. The van der Waals surface area contributed by atoms with Gasteiger partial charge in [0.05, 0.1) is 5.56 Å². The third kappa shape index (κ3) is 4.33. The van der Waals surface area contributed by atoms with Gasteiger partial charge in [-0.1, -0.05) is 48.5 Å². The number of phenolic OH excluding ortho intramolecular Hbond substituents is 1. The highest BCUT2D eigenvalue weighted by atomic mass is 19.1. The van der Waals surface area contributed by atoms with Crippen molar-refractivity contribution in [1.29, 1.82) is 0 Å². The van der Waals surface area contributed by atoms with Crippen molar-refractivity contribution < 1.29 is 19.4 Å². The van der Waals surface area contributed by atoms with Crippen LogP contribution in [0.25, 0.3) is 21.9 Å². The SMILES string of the molecule is O=C(O)c1ccc(-c2ccc(F)cc2)cc1CCCc1ccc2cc(O)ccc2c1. The Morgan fingerprint density at radius 1 is 0.767 bits per heavy atom. The number of phenols is 1. The minimum absolute atomic E-state index is 0.248. The maximum atomic E-state index is 13.2. The predicted octanol–water partition coefficient (Wildman–Crippen LogP) is 6.23. The summed E-state index contributed by atoms with van der Waals surface area (Å²) in [7, 11) is 0. The molecule has 2 N–H and O–H groups in total. The second-order valence-corrected chi connectivity index (χ2v) is 7.40. The molecule has 4 aromatic carbocycles. The Kier molecular flexibility index (Phi) is 5.48. The lowest BCUT2D eigenvalue weighted by molar-refractivity contribution is 0.0695. The monoisotopic (exact) mass is 400 g/mol. The molecular formula is C26H21FO3. The smallest absolute Gasteiger partial charge is 0.335 e. The Bertz CT molecular complexity index is 1210. The van der Waals surface area contributed by atoms with E-state index < -0.39 is 5.97 Å². The minimum Gasteiger partial charge on any atom is -0.508 e. The fourth-order valence-electron chi connectivity index (χ4n) is 3.75. The lowest BCUT2D eigenvalue weighted by Crippen LogP contribution is -2.03. The van der Waals surface area contributed by atoms with Gasteiger partial charge >= 0.3 is 5.97 Å². The van der Waals surface area contributed by atoms with Crippen LogP contribution < -0.4 is 0 Å². The number of rotatable bonds is 6. The summed E-state index contributed by atoms with van der Waals surface area (Å²) >= 11 is 0.